The van der Waals surface area contributed by atoms with Gasteiger partial charge in [-0.2, -0.15) is 0 Å². The van der Waals surface area contributed by atoms with Crippen molar-refractivity contribution < 1.29 is 4.39 Å². The van der Waals surface area contributed by atoms with E-state index in [4.69, 9.17) is 0 Å². The molecule has 0 saturated heterocycles. The van der Waals surface area contributed by atoms with E-state index in [2.05, 4.69) is 30.4 Å². The van der Waals surface area contributed by atoms with E-state index in [1.165, 1.54) is 10.9 Å². The van der Waals surface area contributed by atoms with Crippen molar-refractivity contribution >= 4 is 21.4 Å². The first-order valence-corrected chi connectivity index (χ1v) is 7.00. The van der Waals surface area contributed by atoms with Crippen LogP contribution in [0.2, 0.25) is 0 Å². The zero-order valence-electron chi connectivity index (χ0n) is 10.9. The highest BCUT2D eigenvalue weighted by Crippen LogP contribution is 2.26. The van der Waals surface area contributed by atoms with Gasteiger partial charge in [0, 0.05) is 16.1 Å². The summed E-state index contributed by atoms with van der Waals surface area (Å²) >= 11 is 1.66. The number of fused-ring (bicyclic) bond motifs is 1. The van der Waals surface area contributed by atoms with Crippen LogP contribution < -0.4 is 5.32 Å². The summed E-state index contributed by atoms with van der Waals surface area (Å²) in [6.45, 7) is 2.99. The molecule has 0 aliphatic carbocycles. The molecule has 0 bridgehead atoms. The summed E-state index contributed by atoms with van der Waals surface area (Å²) in [5.74, 6) is -0.158. The first kappa shape index (κ1) is 13.5. The Kier molecular flexibility index (Phi) is 4.69. The molecular formula is C14H19FN2S. The average Bonchev–Trinajstić information content (AvgIpc) is 2.70. The van der Waals surface area contributed by atoms with Crippen LogP contribution in [0.25, 0.3) is 10.1 Å². The Bertz CT molecular complexity index is 507. The van der Waals surface area contributed by atoms with Gasteiger partial charge in [-0.3, -0.25) is 0 Å². The molecule has 0 aliphatic rings. The third-order valence-corrected chi connectivity index (χ3v) is 3.89. The lowest BCUT2D eigenvalue weighted by Gasteiger charge is -2.09. The molecule has 0 radical (unpaired) electrons. The first-order valence-electron chi connectivity index (χ1n) is 6.18. The molecule has 0 spiro atoms. The fourth-order valence-electron chi connectivity index (χ4n) is 1.88. The molecule has 1 aromatic carbocycles. The second-order valence-electron chi connectivity index (χ2n) is 4.73. The Morgan fingerprint density at radius 3 is 2.89 bits per heavy atom. The topological polar surface area (TPSA) is 15.3 Å². The van der Waals surface area contributed by atoms with E-state index < -0.39 is 0 Å². The molecular weight excluding hydrogens is 247 g/mol. The van der Waals surface area contributed by atoms with E-state index in [9.17, 15) is 4.39 Å². The highest BCUT2D eigenvalue weighted by atomic mass is 32.1. The zero-order chi connectivity index (χ0) is 13.0. The molecule has 2 aromatic rings. The van der Waals surface area contributed by atoms with Crippen LogP contribution in [0, 0.1) is 5.82 Å². The molecule has 4 heteroatoms. The van der Waals surface area contributed by atoms with E-state index in [-0.39, 0.29) is 5.82 Å². The van der Waals surface area contributed by atoms with Gasteiger partial charge >= 0.3 is 0 Å². The number of nitrogens with zero attached hydrogens (tertiary/aromatic N) is 1. The molecule has 0 aliphatic heterocycles. The molecule has 0 atom stereocenters. The van der Waals surface area contributed by atoms with E-state index in [0.717, 1.165) is 36.1 Å². The van der Waals surface area contributed by atoms with Crippen molar-refractivity contribution in [2.24, 2.45) is 0 Å². The van der Waals surface area contributed by atoms with Crippen LogP contribution in [0.5, 0.6) is 0 Å². The Morgan fingerprint density at radius 2 is 2.11 bits per heavy atom. The summed E-state index contributed by atoms with van der Waals surface area (Å²) in [6, 6.07) is 7.11. The standard InChI is InChI=1S/C14H19FN2S/c1-17(2)7-3-6-16-10-13-8-11-4-5-12(15)9-14(11)18-13/h4-5,8-9,16H,3,6-7,10H2,1-2H3. The monoisotopic (exact) mass is 266 g/mol. The number of hydrogen-bond donors (Lipinski definition) is 1. The third kappa shape index (κ3) is 3.77. The van der Waals surface area contributed by atoms with E-state index in [1.807, 2.05) is 6.07 Å². The summed E-state index contributed by atoms with van der Waals surface area (Å²) in [5, 5.41) is 4.55. The van der Waals surface area contributed by atoms with Crippen LogP contribution in [-0.4, -0.2) is 32.1 Å². The molecule has 1 N–H and O–H groups in total. The van der Waals surface area contributed by atoms with Crippen LogP contribution >= 0.6 is 11.3 Å². The van der Waals surface area contributed by atoms with Gasteiger partial charge in [-0.25, -0.2) is 4.39 Å². The molecule has 1 aromatic heterocycles. The molecule has 18 heavy (non-hydrogen) atoms. The molecule has 0 fully saturated rings. The van der Waals surface area contributed by atoms with Crippen molar-refractivity contribution in [1.82, 2.24) is 10.2 Å². The molecule has 0 unspecified atom stereocenters. The normalized spacial score (nSPS) is 11.6. The van der Waals surface area contributed by atoms with Crippen LogP contribution in [0.15, 0.2) is 24.3 Å². The van der Waals surface area contributed by atoms with Gasteiger partial charge in [0.25, 0.3) is 0 Å². The van der Waals surface area contributed by atoms with Crippen molar-refractivity contribution in [3.8, 4) is 0 Å². The summed E-state index contributed by atoms with van der Waals surface area (Å²) in [5.41, 5.74) is 0. The van der Waals surface area contributed by atoms with Crippen LogP contribution in [-0.2, 0) is 6.54 Å². The van der Waals surface area contributed by atoms with E-state index >= 15 is 0 Å². The lowest BCUT2D eigenvalue weighted by Crippen LogP contribution is -2.20. The number of hydrogen-bond acceptors (Lipinski definition) is 3. The average molecular weight is 266 g/mol. The highest BCUT2D eigenvalue weighted by Gasteiger charge is 2.02. The van der Waals surface area contributed by atoms with E-state index in [0.29, 0.717) is 0 Å². The largest absolute Gasteiger partial charge is 0.312 e. The minimum atomic E-state index is -0.158. The molecule has 0 saturated carbocycles. The Morgan fingerprint density at radius 1 is 1.28 bits per heavy atom. The summed E-state index contributed by atoms with van der Waals surface area (Å²) in [6.07, 6.45) is 1.15. The highest BCUT2D eigenvalue weighted by molar-refractivity contribution is 7.19. The Labute approximate surface area is 111 Å². The molecule has 1 heterocycles. The molecule has 2 rings (SSSR count). The lowest BCUT2D eigenvalue weighted by molar-refractivity contribution is 0.394. The smallest absolute Gasteiger partial charge is 0.124 e. The fraction of sp³-hybridized carbons (Fsp3) is 0.429. The number of rotatable bonds is 6. The van der Waals surface area contributed by atoms with E-state index in [1.54, 1.807) is 17.4 Å². The molecule has 98 valence electrons. The maximum absolute atomic E-state index is 13.1. The van der Waals surface area contributed by atoms with Crippen molar-refractivity contribution in [1.29, 1.82) is 0 Å². The van der Waals surface area contributed by atoms with Crippen LogP contribution in [0.4, 0.5) is 4.39 Å². The third-order valence-electron chi connectivity index (χ3n) is 2.79. The zero-order valence-corrected chi connectivity index (χ0v) is 11.7. The van der Waals surface area contributed by atoms with Gasteiger partial charge < -0.3 is 10.2 Å². The van der Waals surface area contributed by atoms with Gasteiger partial charge in [0.05, 0.1) is 0 Å². The minimum absolute atomic E-state index is 0.158. The van der Waals surface area contributed by atoms with Crippen molar-refractivity contribution in [3.05, 3.63) is 35.0 Å². The van der Waals surface area contributed by atoms with Gasteiger partial charge in [0.15, 0.2) is 0 Å². The summed E-state index contributed by atoms with van der Waals surface area (Å²) < 4.78 is 14.1. The maximum atomic E-state index is 13.1. The summed E-state index contributed by atoms with van der Waals surface area (Å²) in [7, 11) is 4.17. The molecule has 2 nitrogen and oxygen atoms in total. The number of nitrogens with one attached hydrogen (secondary N) is 1. The van der Waals surface area contributed by atoms with Crippen LogP contribution in [0.3, 0.4) is 0 Å². The number of benzene rings is 1. The lowest BCUT2D eigenvalue weighted by atomic mass is 10.2. The van der Waals surface area contributed by atoms with Gasteiger partial charge in [0.2, 0.25) is 0 Å². The predicted molar refractivity (Wildman–Crippen MR) is 76.7 cm³/mol. The maximum Gasteiger partial charge on any atom is 0.124 e. The Balaban J connectivity index is 1.84. The predicted octanol–water partition coefficient (Wildman–Crippen LogP) is 3.08. The second-order valence-corrected chi connectivity index (χ2v) is 5.90. The minimum Gasteiger partial charge on any atom is -0.312 e. The molecule has 0 amide bonds. The SMILES string of the molecule is CN(C)CCCNCc1cc2ccc(F)cc2s1. The Hall–Kier alpha value is -0.970. The number of halogens is 1. The summed E-state index contributed by atoms with van der Waals surface area (Å²) in [4.78, 5) is 3.45. The van der Waals surface area contributed by atoms with Gasteiger partial charge in [-0.1, -0.05) is 6.07 Å². The van der Waals surface area contributed by atoms with Gasteiger partial charge in [-0.15, -0.1) is 11.3 Å². The van der Waals surface area contributed by atoms with Gasteiger partial charge in [-0.05, 0) is 57.2 Å². The second kappa shape index (κ2) is 6.27. The number of thiophene rings is 1. The van der Waals surface area contributed by atoms with Gasteiger partial charge in [0.1, 0.15) is 5.82 Å². The van der Waals surface area contributed by atoms with Crippen LogP contribution in [0.1, 0.15) is 11.3 Å². The fourth-order valence-corrected chi connectivity index (χ4v) is 2.94. The van der Waals surface area contributed by atoms with Crippen molar-refractivity contribution in [3.63, 3.8) is 0 Å². The first-order chi connectivity index (χ1) is 8.65. The quantitative estimate of drug-likeness (QED) is 0.808. The van der Waals surface area contributed by atoms with Crippen molar-refractivity contribution in [2.45, 2.75) is 13.0 Å². The van der Waals surface area contributed by atoms with Crippen molar-refractivity contribution in [2.75, 3.05) is 27.2 Å².